The number of rotatable bonds is 3. The van der Waals surface area contributed by atoms with Gasteiger partial charge in [-0.3, -0.25) is 9.58 Å². The molecule has 4 nitrogen and oxygen atoms in total. The first-order valence-electron chi connectivity index (χ1n) is 6.18. The first kappa shape index (κ1) is 13.8. The van der Waals surface area contributed by atoms with E-state index in [1.807, 2.05) is 18.7 Å². The number of nitrogens with zero attached hydrogens (tertiary/aromatic N) is 3. The SMILES string of the molecule is Cc1nn(C)c(CN2CCC(C(N)=S)CC2)c1Cl. The van der Waals surface area contributed by atoms with E-state index in [1.54, 1.807) is 0 Å². The van der Waals surface area contributed by atoms with Crippen LogP contribution in [-0.2, 0) is 13.6 Å². The summed E-state index contributed by atoms with van der Waals surface area (Å²) >= 11 is 11.3. The van der Waals surface area contributed by atoms with E-state index in [2.05, 4.69) is 10.00 Å². The van der Waals surface area contributed by atoms with Crippen LogP contribution in [0.5, 0.6) is 0 Å². The molecule has 2 rings (SSSR count). The van der Waals surface area contributed by atoms with Gasteiger partial charge in [-0.1, -0.05) is 23.8 Å². The summed E-state index contributed by atoms with van der Waals surface area (Å²) in [5.41, 5.74) is 7.68. The summed E-state index contributed by atoms with van der Waals surface area (Å²) in [5.74, 6) is 0.403. The van der Waals surface area contributed by atoms with Crippen LogP contribution in [0.15, 0.2) is 0 Å². The molecule has 1 aliphatic heterocycles. The van der Waals surface area contributed by atoms with Gasteiger partial charge in [0.1, 0.15) is 0 Å². The Morgan fingerprint density at radius 2 is 2.11 bits per heavy atom. The minimum atomic E-state index is 0.403. The van der Waals surface area contributed by atoms with Crippen LogP contribution in [0.25, 0.3) is 0 Å². The first-order chi connectivity index (χ1) is 8.49. The zero-order valence-corrected chi connectivity index (χ0v) is 12.4. The van der Waals surface area contributed by atoms with E-state index in [9.17, 15) is 0 Å². The minimum absolute atomic E-state index is 0.403. The highest BCUT2D eigenvalue weighted by Crippen LogP contribution is 2.24. The van der Waals surface area contributed by atoms with E-state index >= 15 is 0 Å². The molecule has 0 radical (unpaired) electrons. The third-order valence-corrected chi connectivity index (χ3v) is 4.45. The lowest BCUT2D eigenvalue weighted by molar-refractivity contribution is 0.198. The average molecular weight is 287 g/mol. The van der Waals surface area contributed by atoms with Crippen molar-refractivity contribution < 1.29 is 0 Å². The van der Waals surface area contributed by atoms with Crippen molar-refractivity contribution in [1.82, 2.24) is 14.7 Å². The Balaban J connectivity index is 1.97. The Morgan fingerprint density at radius 3 is 2.56 bits per heavy atom. The molecule has 2 heterocycles. The van der Waals surface area contributed by atoms with E-state index < -0.39 is 0 Å². The van der Waals surface area contributed by atoms with Gasteiger partial charge in [-0.15, -0.1) is 0 Å². The Morgan fingerprint density at radius 1 is 1.50 bits per heavy atom. The summed E-state index contributed by atoms with van der Waals surface area (Å²) in [5, 5.41) is 5.12. The second kappa shape index (κ2) is 5.55. The summed E-state index contributed by atoms with van der Waals surface area (Å²) < 4.78 is 1.87. The maximum atomic E-state index is 6.26. The van der Waals surface area contributed by atoms with E-state index in [4.69, 9.17) is 29.6 Å². The van der Waals surface area contributed by atoms with Crippen LogP contribution in [0.2, 0.25) is 5.02 Å². The lowest BCUT2D eigenvalue weighted by Gasteiger charge is -2.31. The Kier molecular flexibility index (Phi) is 4.25. The largest absolute Gasteiger partial charge is 0.393 e. The van der Waals surface area contributed by atoms with Crippen LogP contribution in [0.1, 0.15) is 24.2 Å². The molecule has 0 saturated carbocycles. The summed E-state index contributed by atoms with van der Waals surface area (Å²) in [6.07, 6.45) is 2.09. The second-order valence-corrected chi connectivity index (χ2v) is 5.77. The van der Waals surface area contributed by atoms with Crippen molar-refractivity contribution in [2.24, 2.45) is 18.7 Å². The van der Waals surface area contributed by atoms with Crippen molar-refractivity contribution in [3.63, 3.8) is 0 Å². The molecule has 0 bridgehead atoms. The van der Waals surface area contributed by atoms with Crippen molar-refractivity contribution in [2.75, 3.05) is 13.1 Å². The molecular weight excluding hydrogens is 268 g/mol. The number of aryl methyl sites for hydroxylation is 2. The zero-order chi connectivity index (χ0) is 13.3. The molecule has 100 valence electrons. The third-order valence-electron chi connectivity index (χ3n) is 3.62. The zero-order valence-electron chi connectivity index (χ0n) is 10.8. The topological polar surface area (TPSA) is 47.1 Å². The van der Waals surface area contributed by atoms with Gasteiger partial charge >= 0.3 is 0 Å². The van der Waals surface area contributed by atoms with Gasteiger partial charge < -0.3 is 5.73 Å². The van der Waals surface area contributed by atoms with E-state index in [-0.39, 0.29) is 0 Å². The smallest absolute Gasteiger partial charge is 0.0860 e. The highest BCUT2D eigenvalue weighted by molar-refractivity contribution is 7.80. The van der Waals surface area contributed by atoms with Crippen molar-refractivity contribution in [2.45, 2.75) is 26.3 Å². The Bertz CT molecular complexity index is 449. The number of aromatic nitrogens is 2. The molecule has 0 spiro atoms. The van der Waals surface area contributed by atoms with Gasteiger partial charge in [-0.25, -0.2) is 0 Å². The third kappa shape index (κ3) is 2.84. The fourth-order valence-corrected chi connectivity index (χ4v) is 2.89. The first-order valence-corrected chi connectivity index (χ1v) is 6.97. The van der Waals surface area contributed by atoms with E-state index in [1.165, 1.54) is 0 Å². The standard InChI is InChI=1S/C12H19ClN4S/c1-8-11(13)10(16(2)15-8)7-17-5-3-9(4-6-17)12(14)18/h9H,3-7H2,1-2H3,(H2,14,18). The van der Waals surface area contributed by atoms with Gasteiger partial charge in [0.15, 0.2) is 0 Å². The lowest BCUT2D eigenvalue weighted by atomic mass is 9.97. The number of thiocarbonyl (C=S) groups is 1. The number of hydrogen-bond acceptors (Lipinski definition) is 3. The van der Waals surface area contributed by atoms with Crippen LogP contribution in [0.4, 0.5) is 0 Å². The highest BCUT2D eigenvalue weighted by Gasteiger charge is 2.22. The average Bonchev–Trinajstić information content (AvgIpc) is 2.57. The number of hydrogen-bond donors (Lipinski definition) is 1. The van der Waals surface area contributed by atoms with Gasteiger partial charge in [-0.2, -0.15) is 5.10 Å². The predicted octanol–water partition coefficient (Wildman–Crippen LogP) is 1.88. The molecule has 0 aromatic carbocycles. The quantitative estimate of drug-likeness (QED) is 0.862. The summed E-state index contributed by atoms with van der Waals surface area (Å²) in [6, 6.07) is 0. The monoisotopic (exact) mass is 286 g/mol. The van der Waals surface area contributed by atoms with Crippen molar-refractivity contribution >= 4 is 28.8 Å². The van der Waals surface area contributed by atoms with Crippen molar-refractivity contribution in [1.29, 1.82) is 0 Å². The van der Waals surface area contributed by atoms with E-state index in [0.29, 0.717) is 10.9 Å². The van der Waals surface area contributed by atoms with Crippen LogP contribution in [-0.4, -0.2) is 32.8 Å². The number of halogens is 1. The van der Waals surface area contributed by atoms with Crippen LogP contribution in [0.3, 0.4) is 0 Å². The molecule has 0 unspecified atom stereocenters. The molecule has 1 aromatic rings. The van der Waals surface area contributed by atoms with Crippen LogP contribution >= 0.6 is 23.8 Å². The van der Waals surface area contributed by atoms with Crippen LogP contribution < -0.4 is 5.73 Å². The summed E-state index contributed by atoms with van der Waals surface area (Å²) in [7, 11) is 1.94. The fourth-order valence-electron chi connectivity index (χ4n) is 2.44. The number of likely N-dealkylation sites (tertiary alicyclic amines) is 1. The van der Waals surface area contributed by atoms with Gasteiger partial charge in [0.2, 0.25) is 0 Å². The molecule has 0 aliphatic carbocycles. The molecule has 6 heteroatoms. The summed E-state index contributed by atoms with van der Waals surface area (Å²) in [4.78, 5) is 3.04. The van der Waals surface area contributed by atoms with Crippen LogP contribution in [0, 0.1) is 12.8 Å². The predicted molar refractivity (Wildman–Crippen MR) is 77.7 cm³/mol. The normalized spacial score (nSPS) is 18.2. The molecule has 1 saturated heterocycles. The second-order valence-electron chi connectivity index (χ2n) is 4.92. The Labute approximate surface area is 118 Å². The maximum absolute atomic E-state index is 6.26. The molecular formula is C12H19ClN4S. The number of nitrogens with two attached hydrogens (primary N) is 1. The van der Waals surface area contributed by atoms with Gasteiger partial charge in [0.05, 0.1) is 21.4 Å². The molecule has 1 aromatic heterocycles. The Hall–Kier alpha value is -0.650. The van der Waals surface area contributed by atoms with E-state index in [0.717, 1.165) is 48.9 Å². The minimum Gasteiger partial charge on any atom is -0.393 e. The number of piperidine rings is 1. The molecule has 1 aliphatic rings. The molecule has 0 amide bonds. The lowest BCUT2D eigenvalue weighted by Crippen LogP contribution is -2.37. The molecule has 2 N–H and O–H groups in total. The highest BCUT2D eigenvalue weighted by atomic mass is 35.5. The summed E-state index contributed by atoms with van der Waals surface area (Å²) in [6.45, 7) is 4.82. The molecule has 18 heavy (non-hydrogen) atoms. The van der Waals surface area contributed by atoms with Crippen molar-refractivity contribution in [3.8, 4) is 0 Å². The fraction of sp³-hybridized carbons (Fsp3) is 0.667. The van der Waals surface area contributed by atoms with Gasteiger partial charge in [0, 0.05) is 19.5 Å². The molecule has 0 atom stereocenters. The maximum Gasteiger partial charge on any atom is 0.0860 e. The van der Waals surface area contributed by atoms with Gasteiger partial charge in [0.25, 0.3) is 0 Å². The molecule has 1 fully saturated rings. The van der Waals surface area contributed by atoms with Gasteiger partial charge in [-0.05, 0) is 32.9 Å². The van der Waals surface area contributed by atoms with Crippen molar-refractivity contribution in [3.05, 3.63) is 16.4 Å².